The summed E-state index contributed by atoms with van der Waals surface area (Å²) in [5.74, 6) is 0.537. The minimum atomic E-state index is -1.22. The molecule has 1 unspecified atom stereocenters. The van der Waals surface area contributed by atoms with Crippen LogP contribution in [-0.2, 0) is 17.0 Å². The summed E-state index contributed by atoms with van der Waals surface area (Å²) in [6, 6.07) is 13.1. The Hall–Kier alpha value is -2.37. The normalized spacial score (nSPS) is 19.0. The van der Waals surface area contributed by atoms with Crippen LogP contribution in [0.15, 0.2) is 42.5 Å². The standard InChI is InChI=1S/C19H22N2O3/c1-13(22)20-15-9-8-14-11-24-18-7-5-4-6-16(18)19(23,12-21(2)3)17(14)10-15/h4-10,23H,11-12H2,1-3H3,(H,20,22). The summed E-state index contributed by atoms with van der Waals surface area (Å²) in [7, 11) is 3.84. The summed E-state index contributed by atoms with van der Waals surface area (Å²) in [4.78, 5) is 13.3. The molecule has 126 valence electrons. The fourth-order valence-electron chi connectivity index (χ4n) is 3.23. The number of likely N-dealkylation sites (N-methyl/N-ethyl adjacent to an activating group) is 1. The summed E-state index contributed by atoms with van der Waals surface area (Å²) in [6.45, 7) is 2.25. The zero-order valence-electron chi connectivity index (χ0n) is 14.2. The number of carbonyl (C=O) groups is 1. The van der Waals surface area contributed by atoms with Gasteiger partial charge < -0.3 is 20.1 Å². The van der Waals surface area contributed by atoms with Crippen molar-refractivity contribution < 1.29 is 14.6 Å². The Morgan fingerprint density at radius 1 is 1.25 bits per heavy atom. The van der Waals surface area contributed by atoms with Gasteiger partial charge in [-0.3, -0.25) is 4.79 Å². The molecule has 1 heterocycles. The average molecular weight is 326 g/mol. The molecule has 24 heavy (non-hydrogen) atoms. The van der Waals surface area contributed by atoms with E-state index < -0.39 is 5.60 Å². The lowest BCUT2D eigenvalue weighted by atomic mass is 9.83. The summed E-state index contributed by atoms with van der Waals surface area (Å²) >= 11 is 0. The second kappa shape index (κ2) is 6.26. The molecule has 5 nitrogen and oxygen atoms in total. The molecule has 2 aromatic rings. The van der Waals surface area contributed by atoms with Crippen LogP contribution in [0.2, 0.25) is 0 Å². The van der Waals surface area contributed by atoms with E-state index in [1.807, 2.05) is 61.5 Å². The highest BCUT2D eigenvalue weighted by atomic mass is 16.5. The molecular formula is C19H22N2O3. The fourth-order valence-corrected chi connectivity index (χ4v) is 3.23. The third kappa shape index (κ3) is 3.00. The van der Waals surface area contributed by atoms with Crippen LogP contribution < -0.4 is 10.1 Å². The number of ether oxygens (including phenoxy) is 1. The maximum Gasteiger partial charge on any atom is 0.221 e. The molecular weight excluding hydrogens is 304 g/mol. The van der Waals surface area contributed by atoms with Crippen LogP contribution in [0.4, 0.5) is 5.69 Å². The predicted octanol–water partition coefficient (Wildman–Crippen LogP) is 2.33. The van der Waals surface area contributed by atoms with E-state index in [2.05, 4.69) is 5.32 Å². The van der Waals surface area contributed by atoms with Crippen molar-refractivity contribution in [1.29, 1.82) is 0 Å². The van der Waals surface area contributed by atoms with Gasteiger partial charge in [-0.25, -0.2) is 0 Å². The van der Waals surface area contributed by atoms with Gasteiger partial charge in [0.05, 0.1) is 0 Å². The third-order valence-electron chi connectivity index (χ3n) is 4.14. The molecule has 0 spiro atoms. The van der Waals surface area contributed by atoms with Crippen LogP contribution in [-0.4, -0.2) is 36.6 Å². The van der Waals surface area contributed by atoms with E-state index >= 15 is 0 Å². The number of rotatable bonds is 3. The van der Waals surface area contributed by atoms with Gasteiger partial charge in [-0.2, -0.15) is 0 Å². The highest BCUT2D eigenvalue weighted by Crippen LogP contribution is 2.41. The maximum absolute atomic E-state index is 11.7. The highest BCUT2D eigenvalue weighted by Gasteiger charge is 2.38. The van der Waals surface area contributed by atoms with E-state index in [0.717, 1.165) is 16.7 Å². The number of benzene rings is 2. The van der Waals surface area contributed by atoms with E-state index in [4.69, 9.17) is 4.74 Å². The Labute approximate surface area is 141 Å². The number of hydrogen-bond donors (Lipinski definition) is 2. The Bertz CT molecular complexity index is 773. The molecule has 0 bridgehead atoms. The van der Waals surface area contributed by atoms with Gasteiger partial charge in [-0.05, 0) is 43.4 Å². The minimum Gasteiger partial charge on any atom is -0.488 e. The lowest BCUT2D eigenvalue weighted by Crippen LogP contribution is -2.39. The number of carbonyl (C=O) groups excluding carboxylic acids is 1. The van der Waals surface area contributed by atoms with Crippen LogP contribution in [0.25, 0.3) is 0 Å². The van der Waals surface area contributed by atoms with Crippen molar-refractivity contribution in [3.63, 3.8) is 0 Å². The van der Waals surface area contributed by atoms with Crippen LogP contribution >= 0.6 is 0 Å². The zero-order chi connectivity index (χ0) is 17.3. The molecule has 0 fully saturated rings. The maximum atomic E-state index is 11.7. The zero-order valence-corrected chi connectivity index (χ0v) is 14.2. The minimum absolute atomic E-state index is 0.142. The highest BCUT2D eigenvalue weighted by molar-refractivity contribution is 5.88. The van der Waals surface area contributed by atoms with Gasteiger partial charge in [0.1, 0.15) is 18.0 Å². The topological polar surface area (TPSA) is 61.8 Å². The first-order valence-electron chi connectivity index (χ1n) is 7.90. The fraction of sp³-hybridized carbons (Fsp3) is 0.316. The van der Waals surface area contributed by atoms with Gasteiger partial charge in [0.2, 0.25) is 5.91 Å². The van der Waals surface area contributed by atoms with Crippen LogP contribution in [0, 0.1) is 0 Å². The van der Waals surface area contributed by atoms with Crippen molar-refractivity contribution in [1.82, 2.24) is 4.90 Å². The Morgan fingerprint density at radius 2 is 2.00 bits per heavy atom. The molecule has 0 saturated carbocycles. The lowest BCUT2D eigenvalue weighted by molar-refractivity contribution is -0.114. The van der Waals surface area contributed by atoms with Gasteiger partial charge in [0, 0.05) is 24.7 Å². The van der Waals surface area contributed by atoms with Crippen LogP contribution in [0.3, 0.4) is 0 Å². The molecule has 5 heteroatoms. The number of nitrogens with zero attached hydrogens (tertiary/aromatic N) is 1. The number of para-hydroxylation sites is 1. The number of hydrogen-bond acceptors (Lipinski definition) is 4. The van der Waals surface area contributed by atoms with Gasteiger partial charge in [0.15, 0.2) is 0 Å². The molecule has 2 aromatic carbocycles. The Morgan fingerprint density at radius 3 is 2.71 bits per heavy atom. The molecule has 1 aliphatic rings. The quantitative estimate of drug-likeness (QED) is 0.909. The van der Waals surface area contributed by atoms with Gasteiger partial charge in [-0.1, -0.05) is 24.3 Å². The summed E-state index contributed by atoms with van der Waals surface area (Å²) in [5, 5.41) is 14.4. The molecule has 1 atom stereocenters. The largest absolute Gasteiger partial charge is 0.488 e. The van der Waals surface area contributed by atoms with Crippen molar-refractivity contribution in [3.8, 4) is 5.75 Å². The van der Waals surface area contributed by atoms with E-state index in [-0.39, 0.29) is 5.91 Å². The van der Waals surface area contributed by atoms with Crippen molar-refractivity contribution in [2.24, 2.45) is 0 Å². The van der Waals surface area contributed by atoms with Gasteiger partial charge >= 0.3 is 0 Å². The summed E-state index contributed by atoms with van der Waals surface area (Å²) in [5.41, 5.74) is 1.84. The molecule has 0 aliphatic carbocycles. The lowest BCUT2D eigenvalue weighted by Gasteiger charge is -2.32. The molecule has 0 aromatic heterocycles. The first-order chi connectivity index (χ1) is 11.4. The SMILES string of the molecule is CC(=O)Nc1ccc2c(c1)C(O)(CN(C)C)c1ccccc1OC2. The number of nitrogens with one attached hydrogen (secondary N) is 1. The van der Waals surface area contributed by atoms with E-state index in [1.54, 1.807) is 0 Å². The summed E-state index contributed by atoms with van der Waals surface area (Å²) in [6.07, 6.45) is 0. The van der Waals surface area contributed by atoms with Crippen molar-refractivity contribution in [2.75, 3.05) is 26.0 Å². The first-order valence-corrected chi connectivity index (χ1v) is 7.90. The first kappa shape index (κ1) is 16.5. The number of amides is 1. The number of fused-ring (bicyclic) bond motifs is 2. The predicted molar refractivity (Wildman–Crippen MR) is 93.1 cm³/mol. The van der Waals surface area contributed by atoms with Gasteiger partial charge in [0.25, 0.3) is 0 Å². The Kier molecular flexibility index (Phi) is 4.30. The molecule has 2 N–H and O–H groups in total. The second-order valence-corrected chi connectivity index (χ2v) is 6.44. The number of anilines is 1. The van der Waals surface area contributed by atoms with Crippen molar-refractivity contribution >= 4 is 11.6 Å². The van der Waals surface area contributed by atoms with Gasteiger partial charge in [-0.15, -0.1) is 0 Å². The molecule has 1 aliphatic heterocycles. The van der Waals surface area contributed by atoms with Crippen molar-refractivity contribution in [2.45, 2.75) is 19.1 Å². The molecule has 0 radical (unpaired) electrons. The van der Waals surface area contributed by atoms with E-state index in [1.165, 1.54) is 6.92 Å². The molecule has 3 rings (SSSR count). The molecule has 1 amide bonds. The smallest absolute Gasteiger partial charge is 0.221 e. The van der Waals surface area contributed by atoms with Crippen LogP contribution in [0.5, 0.6) is 5.75 Å². The second-order valence-electron chi connectivity index (χ2n) is 6.44. The Balaban J connectivity index is 2.19. The van der Waals surface area contributed by atoms with Crippen LogP contribution in [0.1, 0.15) is 23.6 Å². The van der Waals surface area contributed by atoms with E-state index in [0.29, 0.717) is 24.6 Å². The van der Waals surface area contributed by atoms with E-state index in [9.17, 15) is 9.90 Å². The third-order valence-corrected chi connectivity index (χ3v) is 4.14. The molecule has 0 saturated heterocycles. The summed E-state index contributed by atoms with van der Waals surface area (Å²) < 4.78 is 5.91. The number of aliphatic hydroxyl groups is 1. The average Bonchev–Trinajstić information content (AvgIpc) is 2.63. The monoisotopic (exact) mass is 326 g/mol. The van der Waals surface area contributed by atoms with Crippen molar-refractivity contribution in [3.05, 3.63) is 59.2 Å².